The van der Waals surface area contributed by atoms with Crippen molar-refractivity contribution < 1.29 is 13.2 Å². The lowest BCUT2D eigenvalue weighted by Gasteiger charge is -2.19. The smallest absolute Gasteiger partial charge is 0.266 e. The number of benzene rings is 1. The summed E-state index contributed by atoms with van der Waals surface area (Å²) in [7, 11) is -3.79. The number of sulfonamides is 1. The van der Waals surface area contributed by atoms with Crippen LogP contribution in [0.2, 0.25) is 0 Å². The van der Waals surface area contributed by atoms with Crippen molar-refractivity contribution in [3.05, 3.63) is 42.0 Å². The predicted molar refractivity (Wildman–Crippen MR) is 73.0 cm³/mol. The van der Waals surface area contributed by atoms with Gasteiger partial charge in [-0.3, -0.25) is 4.79 Å². The summed E-state index contributed by atoms with van der Waals surface area (Å²) in [4.78, 5) is 12.3. The zero-order valence-electron chi connectivity index (χ0n) is 11.3. The first kappa shape index (κ1) is 13.8. The van der Waals surface area contributed by atoms with Crippen LogP contribution in [0.15, 0.2) is 41.3 Å². The molecule has 2 rings (SSSR count). The van der Waals surface area contributed by atoms with Crippen LogP contribution >= 0.6 is 0 Å². The number of amides is 1. The molecular weight excluding hydrogens is 262 g/mol. The molecule has 1 amide bonds. The number of hydrogen-bond donors (Lipinski definition) is 0. The Balaban J connectivity index is 2.45. The average Bonchev–Trinajstić information content (AvgIpc) is 2.54. The van der Waals surface area contributed by atoms with E-state index in [-0.39, 0.29) is 11.4 Å². The first-order valence-corrected chi connectivity index (χ1v) is 7.43. The second kappa shape index (κ2) is 4.20. The standard InChI is InChI=1S/C14H17NO3S/c1-10-5-7-12(8-6-10)19(17,18)15-9-11(2)14(3,4)13(15)16/h5-8H,2,9H2,1,3-4H3. The van der Waals surface area contributed by atoms with Crippen LogP contribution < -0.4 is 0 Å². The fourth-order valence-electron chi connectivity index (χ4n) is 1.94. The van der Waals surface area contributed by atoms with E-state index in [0.717, 1.165) is 9.87 Å². The largest absolute Gasteiger partial charge is 0.273 e. The molecule has 0 radical (unpaired) electrons. The van der Waals surface area contributed by atoms with Crippen LogP contribution in [0.5, 0.6) is 0 Å². The predicted octanol–water partition coefficient (Wildman–Crippen LogP) is 2.11. The molecule has 1 aromatic carbocycles. The molecule has 1 saturated heterocycles. The third-order valence-electron chi connectivity index (χ3n) is 3.59. The number of rotatable bonds is 2. The van der Waals surface area contributed by atoms with Crippen molar-refractivity contribution in [2.24, 2.45) is 5.41 Å². The average molecular weight is 279 g/mol. The zero-order valence-corrected chi connectivity index (χ0v) is 12.1. The lowest BCUT2D eigenvalue weighted by molar-refractivity contribution is -0.129. The summed E-state index contributed by atoms with van der Waals surface area (Å²) in [6.07, 6.45) is 0. The topological polar surface area (TPSA) is 54.5 Å². The Morgan fingerprint density at radius 3 is 2.16 bits per heavy atom. The van der Waals surface area contributed by atoms with Gasteiger partial charge in [0.15, 0.2) is 0 Å². The highest BCUT2D eigenvalue weighted by Gasteiger charge is 2.47. The summed E-state index contributed by atoms with van der Waals surface area (Å²) in [5.74, 6) is -0.418. The Bertz CT molecular complexity index is 642. The van der Waals surface area contributed by atoms with E-state index in [2.05, 4.69) is 6.58 Å². The zero-order chi connectivity index (χ0) is 14.4. The number of carbonyl (C=O) groups is 1. The van der Waals surface area contributed by atoms with Crippen LogP contribution in [-0.4, -0.2) is 25.2 Å². The van der Waals surface area contributed by atoms with Gasteiger partial charge in [0.25, 0.3) is 10.0 Å². The van der Waals surface area contributed by atoms with Crippen molar-refractivity contribution >= 4 is 15.9 Å². The third-order valence-corrected chi connectivity index (χ3v) is 5.33. The first-order chi connectivity index (χ1) is 8.67. The van der Waals surface area contributed by atoms with Gasteiger partial charge in [-0.1, -0.05) is 24.3 Å². The lowest BCUT2D eigenvalue weighted by Crippen LogP contribution is -2.36. The number of hydrogen-bond acceptors (Lipinski definition) is 3. The van der Waals surface area contributed by atoms with Gasteiger partial charge in [0.1, 0.15) is 0 Å². The fraction of sp³-hybridized carbons (Fsp3) is 0.357. The number of carbonyl (C=O) groups excluding carboxylic acids is 1. The molecule has 0 spiro atoms. The van der Waals surface area contributed by atoms with Gasteiger partial charge in [-0.15, -0.1) is 0 Å². The van der Waals surface area contributed by atoms with Gasteiger partial charge in [0.2, 0.25) is 5.91 Å². The Hall–Kier alpha value is -1.62. The SMILES string of the molecule is C=C1CN(S(=O)(=O)c2ccc(C)cc2)C(=O)C1(C)C. The molecule has 0 aromatic heterocycles. The Kier molecular flexibility index (Phi) is 3.05. The summed E-state index contributed by atoms with van der Waals surface area (Å²) < 4.78 is 25.8. The molecule has 1 aromatic rings. The molecule has 1 heterocycles. The molecule has 5 heteroatoms. The van der Waals surface area contributed by atoms with Gasteiger partial charge in [-0.05, 0) is 38.5 Å². The van der Waals surface area contributed by atoms with Crippen molar-refractivity contribution in [3.8, 4) is 0 Å². The summed E-state index contributed by atoms with van der Waals surface area (Å²) in [5.41, 5.74) is 0.766. The summed E-state index contributed by atoms with van der Waals surface area (Å²) in [5, 5.41) is 0. The van der Waals surface area contributed by atoms with E-state index < -0.39 is 21.3 Å². The fourth-order valence-corrected chi connectivity index (χ4v) is 3.44. The highest BCUT2D eigenvalue weighted by molar-refractivity contribution is 7.89. The molecule has 1 fully saturated rings. The molecule has 19 heavy (non-hydrogen) atoms. The Labute approximate surface area is 113 Å². The van der Waals surface area contributed by atoms with Gasteiger partial charge in [0, 0.05) is 0 Å². The highest BCUT2D eigenvalue weighted by atomic mass is 32.2. The summed E-state index contributed by atoms with van der Waals surface area (Å²) in [6, 6.07) is 6.47. The first-order valence-electron chi connectivity index (χ1n) is 5.99. The van der Waals surface area contributed by atoms with Crippen LogP contribution in [0.3, 0.4) is 0 Å². The van der Waals surface area contributed by atoms with Crippen LogP contribution in [0.1, 0.15) is 19.4 Å². The molecule has 0 unspecified atom stereocenters. The second-order valence-electron chi connectivity index (χ2n) is 5.36. The van der Waals surface area contributed by atoms with E-state index in [9.17, 15) is 13.2 Å². The normalized spacial score (nSPS) is 19.0. The molecule has 102 valence electrons. The maximum absolute atomic E-state index is 12.5. The van der Waals surface area contributed by atoms with Crippen LogP contribution in [0.25, 0.3) is 0 Å². The van der Waals surface area contributed by atoms with Crippen molar-refractivity contribution in [2.75, 3.05) is 6.54 Å². The maximum atomic E-state index is 12.5. The van der Waals surface area contributed by atoms with Crippen molar-refractivity contribution in [3.63, 3.8) is 0 Å². The highest BCUT2D eigenvalue weighted by Crippen LogP contribution is 2.37. The maximum Gasteiger partial charge on any atom is 0.266 e. The van der Waals surface area contributed by atoms with Gasteiger partial charge >= 0.3 is 0 Å². The van der Waals surface area contributed by atoms with Gasteiger partial charge in [-0.25, -0.2) is 12.7 Å². The van der Waals surface area contributed by atoms with Crippen molar-refractivity contribution in [2.45, 2.75) is 25.7 Å². The monoisotopic (exact) mass is 279 g/mol. The number of aryl methyl sites for hydroxylation is 1. The van der Waals surface area contributed by atoms with Crippen LogP contribution in [0.4, 0.5) is 0 Å². The Morgan fingerprint density at radius 2 is 1.74 bits per heavy atom. The molecule has 4 nitrogen and oxygen atoms in total. The van der Waals surface area contributed by atoms with E-state index in [0.29, 0.717) is 5.57 Å². The van der Waals surface area contributed by atoms with E-state index >= 15 is 0 Å². The minimum atomic E-state index is -3.79. The number of nitrogens with zero attached hydrogens (tertiary/aromatic N) is 1. The minimum Gasteiger partial charge on any atom is -0.273 e. The molecule has 0 aliphatic carbocycles. The van der Waals surface area contributed by atoms with Gasteiger partial charge in [-0.2, -0.15) is 0 Å². The van der Waals surface area contributed by atoms with Crippen LogP contribution in [-0.2, 0) is 14.8 Å². The molecule has 1 aliphatic rings. The third kappa shape index (κ3) is 2.08. The molecule has 0 bridgehead atoms. The molecular formula is C14H17NO3S. The van der Waals surface area contributed by atoms with Gasteiger partial charge < -0.3 is 0 Å². The molecule has 1 aliphatic heterocycles. The minimum absolute atomic E-state index is 0.0576. The second-order valence-corrected chi connectivity index (χ2v) is 7.22. The van der Waals surface area contributed by atoms with E-state index in [1.165, 1.54) is 12.1 Å². The van der Waals surface area contributed by atoms with Crippen LogP contribution in [0, 0.1) is 12.3 Å². The summed E-state index contributed by atoms with van der Waals surface area (Å²) >= 11 is 0. The lowest BCUT2D eigenvalue weighted by atomic mass is 9.88. The van der Waals surface area contributed by atoms with Crippen molar-refractivity contribution in [1.82, 2.24) is 4.31 Å². The summed E-state index contributed by atoms with van der Waals surface area (Å²) in [6.45, 7) is 9.13. The molecule has 0 atom stereocenters. The molecule has 0 saturated carbocycles. The van der Waals surface area contributed by atoms with E-state index in [1.807, 2.05) is 6.92 Å². The quantitative estimate of drug-likeness (QED) is 0.779. The van der Waals surface area contributed by atoms with E-state index in [1.54, 1.807) is 26.0 Å². The Morgan fingerprint density at radius 1 is 1.21 bits per heavy atom. The van der Waals surface area contributed by atoms with Gasteiger partial charge in [0.05, 0.1) is 16.9 Å². The van der Waals surface area contributed by atoms with E-state index in [4.69, 9.17) is 0 Å². The molecule has 0 N–H and O–H groups in total. The van der Waals surface area contributed by atoms with Crippen molar-refractivity contribution in [1.29, 1.82) is 0 Å².